The molecule has 0 saturated heterocycles. The van der Waals surface area contributed by atoms with E-state index in [2.05, 4.69) is 27.5 Å². The van der Waals surface area contributed by atoms with E-state index >= 15 is 0 Å². The minimum Gasteiger partial charge on any atom is -0.366 e. The molecule has 8 nitrogen and oxygen atoms in total. The molecule has 0 radical (unpaired) electrons. The Morgan fingerprint density at radius 3 is 2.47 bits per heavy atom. The fourth-order valence-electron chi connectivity index (χ4n) is 3.22. The van der Waals surface area contributed by atoms with Crippen LogP contribution >= 0.6 is 11.3 Å². The highest BCUT2D eigenvalue weighted by Gasteiger charge is 2.17. The molecule has 0 unspecified atom stereocenters. The normalized spacial score (nSPS) is 10.8. The molecule has 0 aliphatic carbocycles. The van der Waals surface area contributed by atoms with Crippen LogP contribution in [0, 0.1) is 0 Å². The van der Waals surface area contributed by atoms with Crippen LogP contribution < -0.4 is 5.73 Å². The lowest BCUT2D eigenvalue weighted by molar-refractivity contribution is -0.132. The molecule has 162 valence electrons. The van der Waals surface area contributed by atoms with Crippen LogP contribution in [0.5, 0.6) is 0 Å². The van der Waals surface area contributed by atoms with Crippen molar-refractivity contribution in [2.75, 3.05) is 6.54 Å². The fourth-order valence-corrected chi connectivity index (χ4v) is 3.94. The van der Waals surface area contributed by atoms with Crippen LogP contribution in [0.3, 0.4) is 0 Å². The Kier molecular flexibility index (Phi) is 6.66. The van der Waals surface area contributed by atoms with Gasteiger partial charge in [-0.15, -0.1) is 21.5 Å². The third-order valence-electron chi connectivity index (χ3n) is 4.95. The Bertz CT molecular complexity index is 1170. The maximum Gasteiger partial charge on any atom is 0.248 e. The Morgan fingerprint density at radius 2 is 1.78 bits per heavy atom. The maximum atomic E-state index is 13.1. The molecule has 0 spiro atoms. The van der Waals surface area contributed by atoms with Gasteiger partial charge in [0, 0.05) is 22.5 Å². The van der Waals surface area contributed by atoms with Crippen molar-refractivity contribution in [2.24, 2.45) is 5.73 Å². The van der Waals surface area contributed by atoms with Crippen molar-refractivity contribution in [3.63, 3.8) is 0 Å². The molecule has 4 aromatic rings. The molecule has 0 aliphatic heterocycles. The molecule has 0 atom stereocenters. The number of primary amides is 1. The Morgan fingerprint density at radius 1 is 1.00 bits per heavy atom. The molecule has 4 rings (SSSR count). The first-order valence-corrected chi connectivity index (χ1v) is 11.0. The zero-order valence-electron chi connectivity index (χ0n) is 17.3. The lowest BCUT2D eigenvalue weighted by atomic mass is 10.1. The summed E-state index contributed by atoms with van der Waals surface area (Å²) in [5.74, 6) is -0.203. The zero-order chi connectivity index (χ0) is 22.3. The number of benzene rings is 2. The maximum absolute atomic E-state index is 13.1. The summed E-state index contributed by atoms with van der Waals surface area (Å²) in [7, 11) is 0. The van der Waals surface area contributed by atoms with Crippen LogP contribution in [0.15, 0.2) is 72.1 Å². The summed E-state index contributed by atoms with van der Waals surface area (Å²) in [4.78, 5) is 28.5. The molecule has 32 heavy (non-hydrogen) atoms. The van der Waals surface area contributed by atoms with Gasteiger partial charge in [0.2, 0.25) is 17.6 Å². The lowest BCUT2D eigenvalue weighted by Gasteiger charge is -2.22. The first-order valence-electron chi connectivity index (χ1n) is 10.1. The molecule has 2 N–H and O–H groups in total. The van der Waals surface area contributed by atoms with Crippen LogP contribution in [0.2, 0.25) is 0 Å². The topological polar surface area (TPSA) is 107 Å². The number of hydrogen-bond donors (Lipinski definition) is 1. The van der Waals surface area contributed by atoms with Gasteiger partial charge in [-0.3, -0.25) is 9.59 Å². The summed E-state index contributed by atoms with van der Waals surface area (Å²) in [5, 5.41) is 14.4. The number of amides is 2. The van der Waals surface area contributed by atoms with Gasteiger partial charge >= 0.3 is 0 Å². The molecule has 0 fully saturated rings. The molecule has 2 amide bonds. The second kappa shape index (κ2) is 9.97. The Labute approximate surface area is 189 Å². The van der Waals surface area contributed by atoms with Gasteiger partial charge in [-0.25, -0.2) is 0 Å². The summed E-state index contributed by atoms with van der Waals surface area (Å²) >= 11 is 1.62. The number of aromatic nitrogens is 4. The van der Waals surface area contributed by atoms with Crippen LogP contribution in [-0.2, 0) is 24.3 Å². The Balaban J connectivity index is 1.44. The molecule has 2 aromatic heterocycles. The molecule has 0 aliphatic rings. The van der Waals surface area contributed by atoms with E-state index in [1.165, 1.54) is 10.4 Å². The standard InChI is InChI=1S/C23H22N6O2S/c24-22(31)18-8-10-19(11-9-18)23-25-27-29(26-23)16-21(30)28(15-20-7-4-14-32-20)13-12-17-5-2-1-3-6-17/h1-11,14H,12-13,15-16H2,(H2,24,31). The second-order valence-electron chi connectivity index (χ2n) is 7.22. The van der Waals surface area contributed by atoms with Crippen LogP contribution in [0.25, 0.3) is 11.4 Å². The summed E-state index contributed by atoms with van der Waals surface area (Å²) in [6, 6.07) is 20.7. The van der Waals surface area contributed by atoms with Gasteiger partial charge in [-0.2, -0.15) is 4.80 Å². The molecule has 2 aromatic carbocycles. The number of carbonyl (C=O) groups excluding carboxylic acids is 2. The molecule has 0 saturated carbocycles. The Hall–Kier alpha value is -3.85. The highest BCUT2D eigenvalue weighted by atomic mass is 32.1. The molecule has 9 heteroatoms. The first-order chi connectivity index (χ1) is 15.6. The van der Waals surface area contributed by atoms with Gasteiger partial charge < -0.3 is 10.6 Å². The van der Waals surface area contributed by atoms with Gasteiger partial charge in [0.15, 0.2) is 0 Å². The number of nitrogens with two attached hydrogens (primary N) is 1. The summed E-state index contributed by atoms with van der Waals surface area (Å²) in [6.07, 6.45) is 0.764. The summed E-state index contributed by atoms with van der Waals surface area (Å²) in [6.45, 7) is 1.13. The number of hydrogen-bond acceptors (Lipinski definition) is 6. The zero-order valence-corrected chi connectivity index (χ0v) is 18.1. The van der Waals surface area contributed by atoms with Gasteiger partial charge in [0.1, 0.15) is 6.54 Å². The van der Waals surface area contributed by atoms with Gasteiger partial charge in [0.25, 0.3) is 0 Å². The van der Waals surface area contributed by atoms with Crippen molar-refractivity contribution in [3.8, 4) is 11.4 Å². The first kappa shape index (κ1) is 21.4. The lowest BCUT2D eigenvalue weighted by Crippen LogP contribution is -2.35. The average molecular weight is 447 g/mol. The third kappa shape index (κ3) is 5.44. The predicted molar refractivity (Wildman–Crippen MR) is 122 cm³/mol. The largest absolute Gasteiger partial charge is 0.366 e. The van der Waals surface area contributed by atoms with Gasteiger partial charge in [-0.05, 0) is 40.8 Å². The number of tetrazole rings is 1. The number of nitrogens with zero attached hydrogens (tertiary/aromatic N) is 5. The van der Waals surface area contributed by atoms with E-state index < -0.39 is 5.91 Å². The summed E-state index contributed by atoms with van der Waals surface area (Å²) < 4.78 is 0. The third-order valence-corrected chi connectivity index (χ3v) is 5.81. The van der Waals surface area contributed by atoms with Crippen molar-refractivity contribution >= 4 is 23.2 Å². The minimum atomic E-state index is -0.500. The van der Waals surface area contributed by atoms with Crippen molar-refractivity contribution in [3.05, 3.63) is 88.1 Å². The summed E-state index contributed by atoms with van der Waals surface area (Å²) in [5.41, 5.74) is 7.54. The highest BCUT2D eigenvalue weighted by Crippen LogP contribution is 2.16. The molecule has 0 bridgehead atoms. The monoisotopic (exact) mass is 446 g/mol. The molecular weight excluding hydrogens is 424 g/mol. The van der Waals surface area contributed by atoms with Crippen LogP contribution in [0.4, 0.5) is 0 Å². The van der Waals surface area contributed by atoms with E-state index in [4.69, 9.17) is 5.73 Å². The van der Waals surface area contributed by atoms with E-state index in [9.17, 15) is 9.59 Å². The SMILES string of the molecule is NC(=O)c1ccc(-c2nnn(CC(=O)N(CCc3ccccc3)Cc3cccs3)n2)cc1. The van der Waals surface area contributed by atoms with E-state index in [1.807, 2.05) is 40.6 Å². The van der Waals surface area contributed by atoms with Gasteiger partial charge in [-0.1, -0.05) is 48.5 Å². The molecule has 2 heterocycles. The fraction of sp³-hybridized carbons (Fsp3) is 0.174. The van der Waals surface area contributed by atoms with Crippen molar-refractivity contribution in [1.82, 2.24) is 25.1 Å². The number of carbonyl (C=O) groups is 2. The van der Waals surface area contributed by atoms with E-state index in [0.717, 1.165) is 11.3 Å². The van der Waals surface area contributed by atoms with E-state index in [-0.39, 0.29) is 12.5 Å². The predicted octanol–water partition coefficient (Wildman–Crippen LogP) is 2.77. The second-order valence-corrected chi connectivity index (χ2v) is 8.25. The van der Waals surface area contributed by atoms with Crippen molar-refractivity contribution in [1.29, 1.82) is 0 Å². The van der Waals surface area contributed by atoms with E-state index in [0.29, 0.717) is 30.0 Å². The van der Waals surface area contributed by atoms with Gasteiger partial charge in [0.05, 0.1) is 6.54 Å². The molecular formula is C23H22N6O2S. The minimum absolute atomic E-state index is 0.00741. The van der Waals surface area contributed by atoms with Crippen LogP contribution in [-0.4, -0.2) is 43.5 Å². The average Bonchev–Trinajstić information content (AvgIpc) is 3.49. The van der Waals surface area contributed by atoms with E-state index in [1.54, 1.807) is 35.6 Å². The number of rotatable bonds is 9. The quantitative estimate of drug-likeness (QED) is 0.425. The highest BCUT2D eigenvalue weighted by molar-refractivity contribution is 7.09. The number of thiophene rings is 1. The van der Waals surface area contributed by atoms with Crippen LogP contribution in [0.1, 0.15) is 20.8 Å². The van der Waals surface area contributed by atoms with Crippen molar-refractivity contribution in [2.45, 2.75) is 19.5 Å². The smallest absolute Gasteiger partial charge is 0.248 e. The van der Waals surface area contributed by atoms with Crippen molar-refractivity contribution < 1.29 is 9.59 Å².